The van der Waals surface area contributed by atoms with Gasteiger partial charge in [0.1, 0.15) is 24.4 Å². The molecule has 5 N–H and O–H groups in total. The molecule has 2 aliphatic rings. The number of rotatable bonds is 7. The summed E-state index contributed by atoms with van der Waals surface area (Å²) < 4.78 is 19.6. The van der Waals surface area contributed by atoms with Crippen molar-refractivity contribution >= 4 is 11.0 Å². The molecule has 2 aromatic carbocycles. The number of aliphatic hydroxyl groups is 5. The summed E-state index contributed by atoms with van der Waals surface area (Å²) in [4.78, 5) is 4.37. The SMILES string of the molecule is Cn1cnc2ccc(-c3cccc(C4OC(CO)CC(OCC5OC(CO)CC(O)C5O)C4O)c3)cc21. The fourth-order valence-electron chi connectivity index (χ4n) is 5.21. The molecule has 8 atom stereocenters. The molecule has 0 spiro atoms. The number of aliphatic hydroxyl groups excluding tert-OH is 5. The van der Waals surface area contributed by atoms with Crippen molar-refractivity contribution in [3.05, 3.63) is 54.4 Å². The molecule has 3 heterocycles. The first kappa shape index (κ1) is 26.2. The molecule has 0 aliphatic carbocycles. The largest absolute Gasteiger partial charge is 0.394 e. The summed E-state index contributed by atoms with van der Waals surface area (Å²) in [5, 5.41) is 50.9. The molecule has 10 heteroatoms. The molecule has 8 unspecified atom stereocenters. The lowest BCUT2D eigenvalue weighted by Gasteiger charge is -2.41. The van der Waals surface area contributed by atoms with E-state index in [9.17, 15) is 25.5 Å². The van der Waals surface area contributed by atoms with E-state index in [1.807, 2.05) is 48.0 Å². The van der Waals surface area contributed by atoms with Gasteiger partial charge in [-0.15, -0.1) is 0 Å². The van der Waals surface area contributed by atoms with Crippen molar-refractivity contribution < 1.29 is 39.7 Å². The number of hydrogen-bond acceptors (Lipinski definition) is 9. The van der Waals surface area contributed by atoms with Crippen LogP contribution in [-0.2, 0) is 21.3 Å². The van der Waals surface area contributed by atoms with Crippen LogP contribution >= 0.6 is 0 Å². The number of aromatic nitrogens is 2. The van der Waals surface area contributed by atoms with E-state index in [1.54, 1.807) is 6.33 Å². The van der Waals surface area contributed by atoms with Crippen molar-refractivity contribution in [2.24, 2.45) is 7.05 Å². The van der Waals surface area contributed by atoms with E-state index in [0.717, 1.165) is 27.7 Å². The molecule has 2 saturated heterocycles. The number of aryl methyl sites for hydroxylation is 1. The van der Waals surface area contributed by atoms with Crippen molar-refractivity contribution in [3.8, 4) is 11.1 Å². The van der Waals surface area contributed by atoms with Crippen molar-refractivity contribution in [2.75, 3.05) is 19.8 Å². The van der Waals surface area contributed by atoms with E-state index in [0.29, 0.717) is 0 Å². The second kappa shape index (κ2) is 11.1. The summed E-state index contributed by atoms with van der Waals surface area (Å²) >= 11 is 0. The monoisotopic (exact) mass is 514 g/mol. The van der Waals surface area contributed by atoms with Crippen LogP contribution in [0.25, 0.3) is 22.2 Å². The van der Waals surface area contributed by atoms with E-state index in [1.165, 1.54) is 0 Å². The van der Waals surface area contributed by atoms with Gasteiger partial charge in [-0.1, -0.05) is 24.3 Å². The molecule has 2 aliphatic heterocycles. The van der Waals surface area contributed by atoms with Gasteiger partial charge in [0.15, 0.2) is 0 Å². The number of benzene rings is 2. The Morgan fingerprint density at radius 2 is 1.70 bits per heavy atom. The number of ether oxygens (including phenoxy) is 3. The quantitative estimate of drug-likeness (QED) is 0.307. The first-order chi connectivity index (χ1) is 17.9. The fourth-order valence-corrected chi connectivity index (χ4v) is 5.21. The van der Waals surface area contributed by atoms with Gasteiger partial charge >= 0.3 is 0 Å². The molecule has 0 radical (unpaired) electrons. The van der Waals surface area contributed by atoms with Gasteiger partial charge in [0, 0.05) is 19.9 Å². The summed E-state index contributed by atoms with van der Waals surface area (Å²) in [5.41, 5.74) is 4.60. The minimum Gasteiger partial charge on any atom is -0.394 e. The Morgan fingerprint density at radius 1 is 0.946 bits per heavy atom. The molecule has 5 rings (SSSR count). The number of imidazole rings is 1. The summed E-state index contributed by atoms with van der Waals surface area (Å²) in [6.07, 6.45) is -4.55. The minimum atomic E-state index is -1.17. The highest BCUT2D eigenvalue weighted by atomic mass is 16.6. The van der Waals surface area contributed by atoms with Crippen LogP contribution in [0.3, 0.4) is 0 Å². The zero-order valence-electron chi connectivity index (χ0n) is 20.6. The maximum Gasteiger partial charge on any atom is 0.111 e. The van der Waals surface area contributed by atoms with Crippen LogP contribution in [0, 0.1) is 0 Å². The van der Waals surface area contributed by atoms with E-state index in [2.05, 4.69) is 11.1 Å². The molecular formula is C27H34N2O8. The van der Waals surface area contributed by atoms with E-state index in [-0.39, 0.29) is 32.7 Å². The highest BCUT2D eigenvalue weighted by Gasteiger charge is 2.41. The standard InChI is InChI=1S/C27H34N2O8/c1-29-14-28-20-6-5-16(8-21(20)29)15-3-2-4-17(7-15)27-26(34)23(10-19(12-31)37-27)35-13-24-25(33)22(32)9-18(11-30)36-24/h2-8,14,18-19,22-27,30-34H,9-13H2,1H3. The Bertz CT molecular complexity index is 1200. The molecule has 0 saturated carbocycles. The molecule has 1 aromatic heterocycles. The van der Waals surface area contributed by atoms with Gasteiger partial charge in [0.2, 0.25) is 0 Å². The normalized spacial score (nSPS) is 32.6. The lowest BCUT2D eigenvalue weighted by molar-refractivity contribution is -0.226. The minimum absolute atomic E-state index is 0.0912. The summed E-state index contributed by atoms with van der Waals surface area (Å²) in [7, 11) is 1.94. The van der Waals surface area contributed by atoms with Crippen molar-refractivity contribution in [1.29, 1.82) is 0 Å². The average molecular weight is 515 g/mol. The average Bonchev–Trinajstić information content (AvgIpc) is 3.30. The van der Waals surface area contributed by atoms with Gasteiger partial charge in [-0.3, -0.25) is 0 Å². The Labute approximate surface area is 214 Å². The molecule has 10 nitrogen and oxygen atoms in total. The first-order valence-electron chi connectivity index (χ1n) is 12.6. The van der Waals surface area contributed by atoms with Gasteiger partial charge in [-0.25, -0.2) is 4.98 Å². The lowest BCUT2D eigenvalue weighted by atomic mass is 9.91. The van der Waals surface area contributed by atoms with Gasteiger partial charge < -0.3 is 44.3 Å². The van der Waals surface area contributed by atoms with Crippen LogP contribution in [-0.4, -0.2) is 97.6 Å². The predicted octanol–water partition coefficient (Wildman–Crippen LogP) is 0.680. The Balaban J connectivity index is 1.34. The van der Waals surface area contributed by atoms with Crippen molar-refractivity contribution in [1.82, 2.24) is 9.55 Å². The maximum atomic E-state index is 11.2. The highest BCUT2D eigenvalue weighted by Crippen LogP contribution is 2.36. The van der Waals surface area contributed by atoms with E-state index < -0.39 is 48.8 Å². The summed E-state index contributed by atoms with van der Waals surface area (Å²) in [6, 6.07) is 13.7. The van der Waals surface area contributed by atoms with Gasteiger partial charge in [-0.05, 0) is 34.9 Å². The topological polar surface area (TPSA) is 147 Å². The van der Waals surface area contributed by atoms with Crippen LogP contribution in [0.1, 0.15) is 24.5 Å². The molecule has 0 amide bonds. The van der Waals surface area contributed by atoms with Crippen LogP contribution < -0.4 is 0 Å². The number of hydrogen-bond donors (Lipinski definition) is 5. The van der Waals surface area contributed by atoms with Crippen molar-refractivity contribution in [3.63, 3.8) is 0 Å². The number of fused-ring (bicyclic) bond motifs is 1. The van der Waals surface area contributed by atoms with Gasteiger partial charge in [0.05, 0.1) is 61.6 Å². The number of nitrogens with zero attached hydrogens (tertiary/aromatic N) is 2. The van der Waals surface area contributed by atoms with E-state index >= 15 is 0 Å². The van der Waals surface area contributed by atoms with Crippen LogP contribution in [0.2, 0.25) is 0 Å². The second-order valence-electron chi connectivity index (χ2n) is 9.92. The molecular weight excluding hydrogens is 480 g/mol. The Hall–Kier alpha value is -2.41. The zero-order chi connectivity index (χ0) is 26.1. The zero-order valence-corrected chi connectivity index (χ0v) is 20.6. The molecule has 2 fully saturated rings. The first-order valence-corrected chi connectivity index (χ1v) is 12.6. The fraction of sp³-hybridized carbons (Fsp3) is 0.519. The predicted molar refractivity (Wildman–Crippen MR) is 134 cm³/mol. The molecule has 3 aromatic rings. The third-order valence-corrected chi connectivity index (χ3v) is 7.33. The molecule has 0 bridgehead atoms. The Kier molecular flexibility index (Phi) is 7.89. The van der Waals surface area contributed by atoms with Crippen LogP contribution in [0.5, 0.6) is 0 Å². The van der Waals surface area contributed by atoms with Gasteiger partial charge in [0.25, 0.3) is 0 Å². The van der Waals surface area contributed by atoms with Gasteiger partial charge in [-0.2, -0.15) is 0 Å². The third kappa shape index (κ3) is 5.43. The maximum absolute atomic E-state index is 11.2. The van der Waals surface area contributed by atoms with Crippen LogP contribution in [0.4, 0.5) is 0 Å². The molecule has 200 valence electrons. The third-order valence-electron chi connectivity index (χ3n) is 7.33. The lowest BCUT2D eigenvalue weighted by Crippen LogP contribution is -2.53. The molecule has 37 heavy (non-hydrogen) atoms. The highest BCUT2D eigenvalue weighted by molar-refractivity contribution is 5.82. The van der Waals surface area contributed by atoms with E-state index in [4.69, 9.17) is 14.2 Å². The Morgan fingerprint density at radius 3 is 2.49 bits per heavy atom. The smallest absolute Gasteiger partial charge is 0.111 e. The summed E-state index contributed by atoms with van der Waals surface area (Å²) in [6.45, 7) is -0.613. The van der Waals surface area contributed by atoms with Crippen LogP contribution in [0.15, 0.2) is 48.8 Å². The summed E-state index contributed by atoms with van der Waals surface area (Å²) in [5.74, 6) is 0. The van der Waals surface area contributed by atoms with Crippen molar-refractivity contribution in [2.45, 2.75) is 61.7 Å². The second-order valence-corrected chi connectivity index (χ2v) is 9.92.